The Morgan fingerprint density at radius 1 is 0.947 bits per heavy atom. The number of nitrogens with zero attached hydrogens (tertiary/aromatic N) is 2. The van der Waals surface area contributed by atoms with Gasteiger partial charge in [0.2, 0.25) is 11.8 Å². The summed E-state index contributed by atoms with van der Waals surface area (Å²) >= 11 is 5.99. The second kappa shape index (κ2) is 12.9. The van der Waals surface area contributed by atoms with Crippen molar-refractivity contribution in [3.8, 4) is 0 Å². The highest BCUT2D eigenvalue weighted by molar-refractivity contribution is 7.92. The van der Waals surface area contributed by atoms with Gasteiger partial charge in [0.05, 0.1) is 10.6 Å². The third-order valence-electron chi connectivity index (χ3n) is 6.16. The maximum Gasteiger partial charge on any atom is 0.264 e. The normalized spacial score (nSPS) is 12.0. The second-order valence-corrected chi connectivity index (χ2v) is 11.6. The molecule has 0 saturated carbocycles. The Balaban J connectivity index is 2.01. The Hall–Kier alpha value is -3.36. The molecule has 38 heavy (non-hydrogen) atoms. The number of halogens is 1. The van der Waals surface area contributed by atoms with Crippen LogP contribution in [0.1, 0.15) is 37.0 Å². The smallest absolute Gasteiger partial charge is 0.264 e. The lowest BCUT2D eigenvalue weighted by Crippen LogP contribution is -2.51. The lowest BCUT2D eigenvalue weighted by molar-refractivity contribution is -0.139. The van der Waals surface area contributed by atoms with Crippen LogP contribution >= 0.6 is 11.6 Å². The van der Waals surface area contributed by atoms with E-state index in [-0.39, 0.29) is 17.3 Å². The molecule has 0 aromatic heterocycles. The van der Waals surface area contributed by atoms with Crippen LogP contribution in [0.25, 0.3) is 0 Å². The standard InChI is InChI=1S/C29H34ClN3O4S/c1-5-17-31-29(35)23(4)32(19-24-11-9-21(2)10-12-24)28(34)20-33(26-8-6-7-22(3)18-26)38(36,37)27-15-13-25(30)14-16-27/h6-16,18,23H,5,17,19-20H2,1-4H3,(H,31,35). The van der Waals surface area contributed by atoms with E-state index in [9.17, 15) is 18.0 Å². The quantitative estimate of drug-likeness (QED) is 0.357. The van der Waals surface area contributed by atoms with E-state index in [1.165, 1.54) is 29.2 Å². The van der Waals surface area contributed by atoms with Crippen molar-refractivity contribution in [2.24, 2.45) is 0 Å². The lowest BCUT2D eigenvalue weighted by atomic mass is 10.1. The van der Waals surface area contributed by atoms with Gasteiger partial charge in [0.25, 0.3) is 10.0 Å². The van der Waals surface area contributed by atoms with Crippen molar-refractivity contribution in [1.82, 2.24) is 10.2 Å². The number of sulfonamides is 1. The van der Waals surface area contributed by atoms with Crippen molar-refractivity contribution >= 4 is 39.1 Å². The number of hydrogen-bond donors (Lipinski definition) is 1. The largest absolute Gasteiger partial charge is 0.354 e. The lowest BCUT2D eigenvalue weighted by Gasteiger charge is -2.32. The minimum absolute atomic E-state index is 0.00929. The molecule has 9 heteroatoms. The molecule has 0 heterocycles. The number of rotatable bonds is 11. The maximum absolute atomic E-state index is 13.9. The molecule has 3 aromatic rings. The van der Waals surface area contributed by atoms with Gasteiger partial charge < -0.3 is 10.2 Å². The van der Waals surface area contributed by atoms with Gasteiger partial charge in [-0.15, -0.1) is 0 Å². The molecule has 202 valence electrons. The Kier molecular flexibility index (Phi) is 9.94. The molecular formula is C29H34ClN3O4S. The number of nitrogens with one attached hydrogen (secondary N) is 1. The zero-order valence-corrected chi connectivity index (χ0v) is 23.7. The first kappa shape index (κ1) is 29.2. The van der Waals surface area contributed by atoms with Crippen LogP contribution in [0.5, 0.6) is 0 Å². The van der Waals surface area contributed by atoms with Gasteiger partial charge in [-0.3, -0.25) is 13.9 Å². The summed E-state index contributed by atoms with van der Waals surface area (Å²) in [5.41, 5.74) is 3.10. The van der Waals surface area contributed by atoms with Crippen molar-refractivity contribution in [3.05, 3.63) is 94.5 Å². The van der Waals surface area contributed by atoms with Crippen molar-refractivity contribution in [3.63, 3.8) is 0 Å². The van der Waals surface area contributed by atoms with Gasteiger partial charge >= 0.3 is 0 Å². The molecule has 1 N–H and O–H groups in total. The molecule has 7 nitrogen and oxygen atoms in total. The van der Waals surface area contributed by atoms with E-state index in [4.69, 9.17) is 11.6 Å². The van der Waals surface area contributed by atoms with Gasteiger partial charge in [-0.2, -0.15) is 0 Å². The first-order valence-corrected chi connectivity index (χ1v) is 14.3. The molecule has 1 atom stereocenters. The van der Waals surface area contributed by atoms with Crippen LogP contribution in [-0.4, -0.2) is 44.3 Å². The fourth-order valence-corrected chi connectivity index (χ4v) is 5.45. The van der Waals surface area contributed by atoms with E-state index in [0.29, 0.717) is 17.3 Å². The van der Waals surface area contributed by atoms with Gasteiger partial charge in [0.1, 0.15) is 12.6 Å². The summed E-state index contributed by atoms with van der Waals surface area (Å²) in [6.07, 6.45) is 0.755. The number of carbonyl (C=O) groups excluding carboxylic acids is 2. The summed E-state index contributed by atoms with van der Waals surface area (Å²) in [5.74, 6) is -0.793. The average molecular weight is 556 g/mol. The molecule has 0 aliphatic rings. The van der Waals surface area contributed by atoms with E-state index in [1.807, 2.05) is 51.1 Å². The van der Waals surface area contributed by atoms with Gasteiger partial charge in [-0.1, -0.05) is 60.5 Å². The molecular weight excluding hydrogens is 522 g/mol. The molecule has 0 radical (unpaired) electrons. The molecule has 2 amide bonds. The molecule has 0 aliphatic carbocycles. The van der Waals surface area contributed by atoms with Crippen LogP contribution in [0.3, 0.4) is 0 Å². The molecule has 0 bridgehead atoms. The second-order valence-electron chi connectivity index (χ2n) is 9.28. The summed E-state index contributed by atoms with van der Waals surface area (Å²) in [7, 11) is -4.13. The summed E-state index contributed by atoms with van der Waals surface area (Å²) in [4.78, 5) is 28.2. The first-order valence-electron chi connectivity index (χ1n) is 12.5. The molecule has 0 fully saturated rings. The molecule has 0 aliphatic heterocycles. The Morgan fingerprint density at radius 3 is 2.21 bits per heavy atom. The fraction of sp³-hybridized carbons (Fsp3) is 0.310. The number of benzene rings is 3. The maximum atomic E-state index is 13.9. The summed E-state index contributed by atoms with van der Waals surface area (Å²) in [6.45, 7) is 7.57. The van der Waals surface area contributed by atoms with Crippen molar-refractivity contribution < 1.29 is 18.0 Å². The monoisotopic (exact) mass is 555 g/mol. The van der Waals surface area contributed by atoms with E-state index < -0.39 is 28.5 Å². The van der Waals surface area contributed by atoms with Crippen molar-refractivity contribution in [1.29, 1.82) is 0 Å². The van der Waals surface area contributed by atoms with Crippen LogP contribution < -0.4 is 9.62 Å². The Labute approximate surface area is 230 Å². The van der Waals surface area contributed by atoms with Crippen molar-refractivity contribution in [2.45, 2.75) is 51.6 Å². The highest BCUT2D eigenvalue weighted by Crippen LogP contribution is 2.26. The molecule has 3 rings (SSSR count). The summed E-state index contributed by atoms with van der Waals surface area (Å²) in [5, 5.41) is 3.24. The minimum atomic E-state index is -4.13. The molecule has 3 aromatic carbocycles. The van der Waals surface area contributed by atoms with Crippen LogP contribution in [0, 0.1) is 13.8 Å². The predicted octanol–water partition coefficient (Wildman–Crippen LogP) is 5.10. The average Bonchev–Trinajstić information content (AvgIpc) is 2.89. The molecule has 0 saturated heterocycles. The van der Waals surface area contributed by atoms with Gasteiger partial charge in [0, 0.05) is 18.1 Å². The van der Waals surface area contributed by atoms with Crippen LogP contribution in [0.2, 0.25) is 5.02 Å². The number of anilines is 1. The molecule has 1 unspecified atom stereocenters. The Morgan fingerprint density at radius 2 is 1.61 bits per heavy atom. The minimum Gasteiger partial charge on any atom is -0.354 e. The third kappa shape index (κ3) is 7.36. The third-order valence-corrected chi connectivity index (χ3v) is 8.20. The number of aryl methyl sites for hydroxylation is 2. The van der Waals surface area contributed by atoms with Gasteiger partial charge in [-0.25, -0.2) is 8.42 Å². The predicted molar refractivity (Wildman–Crippen MR) is 152 cm³/mol. The summed E-state index contributed by atoms with van der Waals surface area (Å²) in [6, 6.07) is 19.6. The molecule has 0 spiro atoms. The fourth-order valence-electron chi connectivity index (χ4n) is 3.91. The van der Waals surface area contributed by atoms with Crippen LogP contribution in [0.15, 0.2) is 77.7 Å². The topological polar surface area (TPSA) is 86.8 Å². The highest BCUT2D eigenvalue weighted by Gasteiger charge is 2.32. The zero-order valence-electron chi connectivity index (χ0n) is 22.1. The SMILES string of the molecule is CCCNC(=O)C(C)N(Cc1ccc(C)cc1)C(=O)CN(c1cccc(C)c1)S(=O)(=O)c1ccc(Cl)cc1. The summed E-state index contributed by atoms with van der Waals surface area (Å²) < 4.78 is 28.7. The first-order chi connectivity index (χ1) is 18.0. The van der Waals surface area contributed by atoms with Crippen LogP contribution in [0.4, 0.5) is 5.69 Å². The van der Waals surface area contributed by atoms with E-state index in [1.54, 1.807) is 25.1 Å². The van der Waals surface area contributed by atoms with E-state index in [2.05, 4.69) is 5.32 Å². The van der Waals surface area contributed by atoms with E-state index in [0.717, 1.165) is 27.4 Å². The highest BCUT2D eigenvalue weighted by atomic mass is 35.5. The van der Waals surface area contributed by atoms with Crippen LogP contribution in [-0.2, 0) is 26.2 Å². The number of carbonyl (C=O) groups is 2. The Bertz CT molecular complexity index is 1360. The van der Waals surface area contributed by atoms with E-state index >= 15 is 0 Å². The zero-order chi connectivity index (χ0) is 27.9. The van der Waals surface area contributed by atoms with Gasteiger partial charge in [0.15, 0.2) is 0 Å². The number of hydrogen-bond acceptors (Lipinski definition) is 4. The van der Waals surface area contributed by atoms with Crippen molar-refractivity contribution in [2.75, 3.05) is 17.4 Å². The number of amides is 2. The van der Waals surface area contributed by atoms with Gasteiger partial charge in [-0.05, 0) is 74.7 Å².